The fourth-order valence-corrected chi connectivity index (χ4v) is 4.37. The van der Waals surface area contributed by atoms with Crippen molar-refractivity contribution in [2.75, 3.05) is 4.72 Å². The van der Waals surface area contributed by atoms with Gasteiger partial charge in [-0.3, -0.25) is 19.0 Å². The summed E-state index contributed by atoms with van der Waals surface area (Å²) in [7, 11) is -2.28. The van der Waals surface area contributed by atoms with Gasteiger partial charge in [0.15, 0.2) is 5.78 Å². The molecule has 0 aliphatic carbocycles. The van der Waals surface area contributed by atoms with E-state index in [0.29, 0.717) is 16.9 Å². The lowest BCUT2D eigenvalue weighted by atomic mass is 10.1. The number of nitrogens with one attached hydrogen (secondary N) is 1. The van der Waals surface area contributed by atoms with Gasteiger partial charge in [-0.05, 0) is 37.1 Å². The van der Waals surface area contributed by atoms with E-state index in [-0.39, 0.29) is 22.3 Å². The van der Waals surface area contributed by atoms with E-state index < -0.39 is 15.6 Å². The summed E-state index contributed by atoms with van der Waals surface area (Å²) in [5, 5.41) is 0. The number of benzene rings is 2. The van der Waals surface area contributed by atoms with Gasteiger partial charge in [-0.15, -0.1) is 0 Å². The van der Waals surface area contributed by atoms with Crippen molar-refractivity contribution in [2.24, 2.45) is 7.05 Å². The molecule has 3 rings (SSSR count). The predicted octanol–water partition coefficient (Wildman–Crippen LogP) is 3.30. The molecule has 2 aromatic carbocycles. The van der Waals surface area contributed by atoms with Gasteiger partial charge < -0.3 is 0 Å². The maximum Gasteiger partial charge on any atom is 0.296 e. The zero-order valence-electron chi connectivity index (χ0n) is 16.7. The Labute approximate surface area is 169 Å². The zero-order valence-corrected chi connectivity index (χ0v) is 17.5. The fraction of sp³-hybridized carbons (Fsp3) is 0.238. The van der Waals surface area contributed by atoms with Crippen molar-refractivity contribution in [3.05, 3.63) is 76.2 Å². The van der Waals surface area contributed by atoms with Crippen LogP contribution in [0.3, 0.4) is 0 Å². The van der Waals surface area contributed by atoms with Crippen molar-refractivity contribution in [1.82, 2.24) is 9.36 Å². The van der Waals surface area contributed by atoms with E-state index in [4.69, 9.17) is 0 Å². The van der Waals surface area contributed by atoms with Gasteiger partial charge in [0.2, 0.25) is 0 Å². The van der Waals surface area contributed by atoms with E-state index in [0.717, 1.165) is 0 Å². The van der Waals surface area contributed by atoms with E-state index in [1.165, 1.54) is 35.9 Å². The average molecular weight is 413 g/mol. The minimum atomic E-state index is -4.01. The molecule has 1 heterocycles. The van der Waals surface area contributed by atoms with Crippen LogP contribution in [-0.2, 0) is 17.1 Å². The minimum Gasteiger partial charge on any atom is -0.295 e. The van der Waals surface area contributed by atoms with Gasteiger partial charge in [0.1, 0.15) is 5.69 Å². The average Bonchev–Trinajstić information content (AvgIpc) is 2.92. The second-order valence-corrected chi connectivity index (χ2v) is 8.76. The first kappa shape index (κ1) is 20.6. The molecule has 0 amide bonds. The topological polar surface area (TPSA) is 90.2 Å². The van der Waals surface area contributed by atoms with Crippen LogP contribution in [0.5, 0.6) is 0 Å². The van der Waals surface area contributed by atoms with Crippen LogP contribution in [0, 0.1) is 0 Å². The molecule has 0 unspecified atom stereocenters. The Morgan fingerprint density at radius 3 is 2.10 bits per heavy atom. The number of nitrogens with zero attached hydrogens (tertiary/aromatic N) is 2. The first-order valence-electron chi connectivity index (χ1n) is 9.14. The van der Waals surface area contributed by atoms with E-state index >= 15 is 0 Å². The van der Waals surface area contributed by atoms with Crippen LogP contribution in [-0.4, -0.2) is 23.6 Å². The van der Waals surface area contributed by atoms with Gasteiger partial charge in [-0.1, -0.05) is 44.2 Å². The third-order valence-electron chi connectivity index (χ3n) is 4.67. The third kappa shape index (κ3) is 3.88. The van der Waals surface area contributed by atoms with E-state index in [2.05, 4.69) is 4.72 Å². The lowest BCUT2D eigenvalue weighted by molar-refractivity contribution is 0.101. The highest BCUT2D eigenvalue weighted by Gasteiger charge is 2.26. The second-order valence-electron chi connectivity index (χ2n) is 7.08. The van der Waals surface area contributed by atoms with Gasteiger partial charge in [-0.2, -0.15) is 0 Å². The Kier molecular flexibility index (Phi) is 5.48. The molecule has 0 atom stereocenters. The molecule has 0 saturated carbocycles. The molecule has 0 bridgehead atoms. The number of sulfonamides is 1. The van der Waals surface area contributed by atoms with Crippen LogP contribution < -0.4 is 10.3 Å². The number of carbonyl (C=O) groups excluding carboxylic acids is 1. The normalized spacial score (nSPS) is 11.6. The molecule has 1 N–H and O–H groups in total. The number of ketones is 1. The number of aromatic nitrogens is 2. The first-order valence-corrected chi connectivity index (χ1v) is 10.6. The third-order valence-corrected chi connectivity index (χ3v) is 6.03. The molecule has 7 nitrogen and oxygen atoms in total. The molecule has 0 aliphatic heterocycles. The number of rotatable bonds is 6. The number of para-hydroxylation sites is 1. The second kappa shape index (κ2) is 7.71. The Morgan fingerprint density at radius 1 is 1.00 bits per heavy atom. The molecule has 3 aromatic rings. The van der Waals surface area contributed by atoms with Crippen LogP contribution in [0.15, 0.2) is 64.3 Å². The molecular formula is C21H23N3O4S. The molecule has 0 saturated heterocycles. The molecule has 0 radical (unpaired) electrons. The highest BCUT2D eigenvalue weighted by Crippen LogP contribution is 2.25. The predicted molar refractivity (Wildman–Crippen MR) is 112 cm³/mol. The molecule has 0 aliphatic rings. The summed E-state index contributed by atoms with van der Waals surface area (Å²) in [5.74, 6) is -0.256. The highest BCUT2D eigenvalue weighted by molar-refractivity contribution is 7.92. The van der Waals surface area contributed by atoms with Gasteiger partial charge in [0, 0.05) is 12.6 Å². The first-order chi connectivity index (χ1) is 13.6. The maximum atomic E-state index is 13.1. The van der Waals surface area contributed by atoms with Crippen LogP contribution in [0.2, 0.25) is 0 Å². The standard InChI is InChI=1S/C21H23N3O4S/c1-14(2)20-19(21(26)24(23(20)4)17-8-6-5-7-9-17)22-29(27,28)18-12-10-16(11-13-18)15(3)25/h5-14,22H,1-4H3. The van der Waals surface area contributed by atoms with E-state index in [1.807, 2.05) is 32.0 Å². The Morgan fingerprint density at radius 2 is 1.59 bits per heavy atom. The lowest BCUT2D eigenvalue weighted by Gasteiger charge is -2.13. The summed E-state index contributed by atoms with van der Waals surface area (Å²) in [5.41, 5.74) is 1.19. The van der Waals surface area contributed by atoms with Crippen molar-refractivity contribution in [1.29, 1.82) is 0 Å². The molecule has 29 heavy (non-hydrogen) atoms. The number of carbonyl (C=O) groups is 1. The van der Waals surface area contributed by atoms with Crippen LogP contribution in [0.1, 0.15) is 42.7 Å². The monoisotopic (exact) mass is 413 g/mol. The van der Waals surface area contributed by atoms with Crippen molar-refractivity contribution in [3.63, 3.8) is 0 Å². The van der Waals surface area contributed by atoms with Gasteiger partial charge in [-0.25, -0.2) is 13.1 Å². The molecule has 0 spiro atoms. The van der Waals surface area contributed by atoms with Crippen LogP contribution in [0.4, 0.5) is 5.69 Å². The summed E-state index contributed by atoms with van der Waals surface area (Å²) in [6.45, 7) is 5.19. The summed E-state index contributed by atoms with van der Waals surface area (Å²) >= 11 is 0. The Bertz CT molecular complexity index is 1210. The van der Waals surface area contributed by atoms with Crippen molar-refractivity contribution >= 4 is 21.5 Å². The number of Topliss-reactive ketones (excluding diaryl/α,β-unsaturated/α-hetero) is 1. The number of hydrogen-bond acceptors (Lipinski definition) is 4. The molecule has 0 fully saturated rings. The van der Waals surface area contributed by atoms with Gasteiger partial charge >= 0.3 is 0 Å². The maximum absolute atomic E-state index is 13.1. The van der Waals surface area contributed by atoms with E-state index in [1.54, 1.807) is 23.9 Å². The van der Waals surface area contributed by atoms with Crippen molar-refractivity contribution in [3.8, 4) is 5.69 Å². The van der Waals surface area contributed by atoms with Crippen LogP contribution in [0.25, 0.3) is 5.69 Å². The Balaban J connectivity index is 2.11. The smallest absolute Gasteiger partial charge is 0.295 e. The molecule has 8 heteroatoms. The fourth-order valence-electron chi connectivity index (χ4n) is 3.30. The molecular weight excluding hydrogens is 390 g/mol. The lowest BCUT2D eigenvalue weighted by Crippen LogP contribution is -2.23. The van der Waals surface area contributed by atoms with E-state index in [9.17, 15) is 18.0 Å². The SMILES string of the molecule is CC(=O)c1ccc(S(=O)(=O)Nc2c(C(C)C)n(C)n(-c3ccccc3)c2=O)cc1. The summed E-state index contributed by atoms with van der Waals surface area (Å²) in [4.78, 5) is 24.5. The van der Waals surface area contributed by atoms with Crippen LogP contribution >= 0.6 is 0 Å². The number of anilines is 1. The van der Waals surface area contributed by atoms with Crippen molar-refractivity contribution in [2.45, 2.75) is 31.6 Å². The molecule has 152 valence electrons. The quantitative estimate of drug-likeness (QED) is 0.628. The minimum absolute atomic E-state index is 0.0157. The Hall–Kier alpha value is -3.13. The summed E-state index contributed by atoms with van der Waals surface area (Å²) < 4.78 is 31.4. The summed E-state index contributed by atoms with van der Waals surface area (Å²) in [6.07, 6.45) is 0. The summed E-state index contributed by atoms with van der Waals surface area (Å²) in [6, 6.07) is 14.6. The molecule has 1 aromatic heterocycles. The van der Waals surface area contributed by atoms with Crippen molar-refractivity contribution < 1.29 is 13.2 Å². The van der Waals surface area contributed by atoms with Gasteiger partial charge in [0.25, 0.3) is 15.6 Å². The largest absolute Gasteiger partial charge is 0.296 e. The highest BCUT2D eigenvalue weighted by atomic mass is 32.2. The number of hydrogen-bond donors (Lipinski definition) is 1. The zero-order chi connectivity index (χ0) is 21.3. The van der Waals surface area contributed by atoms with Gasteiger partial charge in [0.05, 0.1) is 16.3 Å².